The number of hydrogen-bond donors (Lipinski definition) is 1. The van der Waals surface area contributed by atoms with Crippen LogP contribution in [0.1, 0.15) is 46.5 Å². The SMILES string of the molecule is CCN(C(=O)N1CCC(CCC(=O)O)CC1)C(C)C. The number of hydrogen-bond acceptors (Lipinski definition) is 2. The number of piperidine rings is 1. The average molecular weight is 270 g/mol. The van der Waals surface area contributed by atoms with Crippen LogP contribution in [0.4, 0.5) is 4.79 Å². The van der Waals surface area contributed by atoms with Crippen LogP contribution in [0.2, 0.25) is 0 Å². The Morgan fingerprint density at radius 2 is 1.89 bits per heavy atom. The summed E-state index contributed by atoms with van der Waals surface area (Å²) in [5.74, 6) is -0.273. The van der Waals surface area contributed by atoms with Gasteiger partial charge in [0.2, 0.25) is 0 Å². The van der Waals surface area contributed by atoms with Crippen molar-refractivity contribution in [2.75, 3.05) is 19.6 Å². The first kappa shape index (κ1) is 15.8. The lowest BCUT2D eigenvalue weighted by atomic mass is 9.92. The third kappa shape index (κ3) is 4.73. The number of amides is 2. The van der Waals surface area contributed by atoms with Gasteiger partial charge >= 0.3 is 12.0 Å². The molecular formula is C14H26N2O3. The number of carbonyl (C=O) groups is 2. The number of likely N-dealkylation sites (tertiary alicyclic amines) is 1. The van der Waals surface area contributed by atoms with Gasteiger partial charge in [0.25, 0.3) is 0 Å². The van der Waals surface area contributed by atoms with E-state index >= 15 is 0 Å². The van der Waals surface area contributed by atoms with Crippen LogP contribution in [0.25, 0.3) is 0 Å². The van der Waals surface area contributed by atoms with Gasteiger partial charge in [0.05, 0.1) is 0 Å². The maximum absolute atomic E-state index is 12.3. The molecule has 0 atom stereocenters. The van der Waals surface area contributed by atoms with Crippen LogP contribution in [0.5, 0.6) is 0 Å². The third-order valence-corrected chi connectivity index (χ3v) is 3.86. The fourth-order valence-corrected chi connectivity index (χ4v) is 2.64. The lowest BCUT2D eigenvalue weighted by Gasteiger charge is -2.37. The molecule has 1 aliphatic rings. The largest absolute Gasteiger partial charge is 0.481 e. The van der Waals surface area contributed by atoms with Crippen LogP contribution < -0.4 is 0 Å². The van der Waals surface area contributed by atoms with E-state index < -0.39 is 5.97 Å². The lowest BCUT2D eigenvalue weighted by molar-refractivity contribution is -0.137. The Hall–Kier alpha value is -1.26. The summed E-state index contributed by atoms with van der Waals surface area (Å²) in [4.78, 5) is 26.6. The van der Waals surface area contributed by atoms with Crippen LogP contribution in [-0.2, 0) is 4.79 Å². The van der Waals surface area contributed by atoms with Crippen LogP contribution >= 0.6 is 0 Å². The summed E-state index contributed by atoms with van der Waals surface area (Å²) in [7, 11) is 0. The van der Waals surface area contributed by atoms with Crippen molar-refractivity contribution < 1.29 is 14.7 Å². The number of carboxylic acid groups (broad SMARTS) is 1. The summed E-state index contributed by atoms with van der Waals surface area (Å²) in [6.07, 6.45) is 2.83. The van der Waals surface area contributed by atoms with Crippen molar-refractivity contribution >= 4 is 12.0 Å². The molecule has 0 aromatic heterocycles. The van der Waals surface area contributed by atoms with E-state index in [9.17, 15) is 9.59 Å². The Bertz CT molecular complexity index is 310. The van der Waals surface area contributed by atoms with E-state index in [-0.39, 0.29) is 18.5 Å². The maximum atomic E-state index is 12.3. The zero-order chi connectivity index (χ0) is 14.4. The Morgan fingerprint density at radius 3 is 2.32 bits per heavy atom. The number of aliphatic carboxylic acids is 1. The smallest absolute Gasteiger partial charge is 0.320 e. The molecule has 0 saturated carbocycles. The van der Waals surface area contributed by atoms with Gasteiger partial charge in [-0.05, 0) is 46.0 Å². The summed E-state index contributed by atoms with van der Waals surface area (Å²) >= 11 is 0. The normalized spacial score (nSPS) is 16.7. The van der Waals surface area contributed by atoms with Gasteiger partial charge in [-0.25, -0.2) is 4.79 Å². The van der Waals surface area contributed by atoms with Gasteiger partial charge < -0.3 is 14.9 Å². The van der Waals surface area contributed by atoms with Crippen LogP contribution in [0.3, 0.4) is 0 Å². The van der Waals surface area contributed by atoms with Gasteiger partial charge in [-0.15, -0.1) is 0 Å². The predicted molar refractivity (Wildman–Crippen MR) is 74.1 cm³/mol. The Morgan fingerprint density at radius 1 is 1.32 bits per heavy atom. The molecular weight excluding hydrogens is 244 g/mol. The molecule has 2 amide bonds. The molecule has 5 heteroatoms. The van der Waals surface area contributed by atoms with Crippen molar-refractivity contribution in [1.29, 1.82) is 0 Å². The van der Waals surface area contributed by atoms with E-state index in [0.29, 0.717) is 5.92 Å². The first-order valence-electron chi connectivity index (χ1n) is 7.23. The van der Waals surface area contributed by atoms with Crippen molar-refractivity contribution in [3.63, 3.8) is 0 Å². The highest BCUT2D eigenvalue weighted by molar-refractivity contribution is 5.74. The van der Waals surface area contributed by atoms with E-state index in [1.54, 1.807) is 0 Å². The zero-order valence-electron chi connectivity index (χ0n) is 12.3. The number of rotatable bonds is 5. The second-order valence-electron chi connectivity index (χ2n) is 5.53. The number of nitrogens with zero attached hydrogens (tertiary/aromatic N) is 2. The molecule has 1 heterocycles. The molecule has 110 valence electrons. The monoisotopic (exact) mass is 270 g/mol. The molecule has 0 aromatic carbocycles. The summed E-state index contributed by atoms with van der Waals surface area (Å²) < 4.78 is 0. The molecule has 0 unspecified atom stereocenters. The summed E-state index contributed by atoms with van der Waals surface area (Å²) in [5.41, 5.74) is 0. The van der Waals surface area contributed by atoms with E-state index in [1.807, 2.05) is 30.6 Å². The summed E-state index contributed by atoms with van der Waals surface area (Å²) in [6.45, 7) is 8.30. The van der Waals surface area contributed by atoms with Crippen LogP contribution in [-0.4, -0.2) is 52.6 Å². The molecule has 1 fully saturated rings. The first-order valence-corrected chi connectivity index (χ1v) is 7.23. The standard InChI is InChI=1S/C14H26N2O3/c1-4-16(11(2)3)14(19)15-9-7-12(8-10-15)5-6-13(17)18/h11-12H,4-10H2,1-3H3,(H,17,18). The highest BCUT2D eigenvalue weighted by Crippen LogP contribution is 2.22. The quantitative estimate of drug-likeness (QED) is 0.834. The average Bonchev–Trinajstić information content (AvgIpc) is 2.37. The van der Waals surface area contributed by atoms with Gasteiger partial charge in [0.15, 0.2) is 0 Å². The van der Waals surface area contributed by atoms with Gasteiger partial charge in [-0.2, -0.15) is 0 Å². The number of carboxylic acids is 1. The fraction of sp³-hybridized carbons (Fsp3) is 0.857. The molecule has 1 aliphatic heterocycles. The van der Waals surface area contributed by atoms with Crippen molar-refractivity contribution in [3.05, 3.63) is 0 Å². The first-order chi connectivity index (χ1) is 8.95. The van der Waals surface area contributed by atoms with Gasteiger partial charge in [0.1, 0.15) is 0 Å². The maximum Gasteiger partial charge on any atom is 0.320 e. The van der Waals surface area contributed by atoms with Crippen molar-refractivity contribution in [2.45, 2.75) is 52.5 Å². The van der Waals surface area contributed by atoms with E-state index in [2.05, 4.69) is 0 Å². The van der Waals surface area contributed by atoms with Gasteiger partial charge in [-0.1, -0.05) is 0 Å². The van der Waals surface area contributed by atoms with E-state index in [4.69, 9.17) is 5.11 Å². The van der Waals surface area contributed by atoms with Crippen LogP contribution in [0.15, 0.2) is 0 Å². The van der Waals surface area contributed by atoms with Crippen molar-refractivity contribution in [1.82, 2.24) is 9.80 Å². The van der Waals surface area contributed by atoms with Crippen molar-refractivity contribution in [2.24, 2.45) is 5.92 Å². The molecule has 0 aliphatic carbocycles. The number of urea groups is 1. The van der Waals surface area contributed by atoms with Crippen molar-refractivity contribution in [3.8, 4) is 0 Å². The molecule has 5 nitrogen and oxygen atoms in total. The summed E-state index contributed by atoms with van der Waals surface area (Å²) in [5, 5.41) is 8.68. The highest BCUT2D eigenvalue weighted by atomic mass is 16.4. The second kappa shape index (κ2) is 7.36. The van der Waals surface area contributed by atoms with Crippen LogP contribution in [0, 0.1) is 5.92 Å². The summed E-state index contributed by atoms with van der Waals surface area (Å²) in [6, 6.07) is 0.344. The predicted octanol–water partition coefficient (Wildman–Crippen LogP) is 2.41. The lowest BCUT2D eigenvalue weighted by Crippen LogP contribution is -2.49. The Labute approximate surface area is 115 Å². The Kier molecular flexibility index (Phi) is 6.12. The molecule has 0 bridgehead atoms. The number of carbonyl (C=O) groups excluding carboxylic acids is 1. The minimum Gasteiger partial charge on any atom is -0.481 e. The molecule has 0 spiro atoms. The third-order valence-electron chi connectivity index (χ3n) is 3.86. The molecule has 1 rings (SSSR count). The molecule has 0 aromatic rings. The molecule has 0 radical (unpaired) electrons. The molecule has 1 saturated heterocycles. The fourth-order valence-electron chi connectivity index (χ4n) is 2.64. The van der Waals surface area contributed by atoms with E-state index in [0.717, 1.165) is 38.9 Å². The Balaban J connectivity index is 2.40. The molecule has 1 N–H and O–H groups in total. The minimum atomic E-state index is -0.726. The van der Waals surface area contributed by atoms with Gasteiger partial charge in [0, 0.05) is 32.1 Å². The second-order valence-corrected chi connectivity index (χ2v) is 5.53. The van der Waals surface area contributed by atoms with Gasteiger partial charge in [-0.3, -0.25) is 4.79 Å². The zero-order valence-corrected chi connectivity index (χ0v) is 12.3. The van der Waals surface area contributed by atoms with E-state index in [1.165, 1.54) is 0 Å². The highest BCUT2D eigenvalue weighted by Gasteiger charge is 2.26. The molecule has 19 heavy (non-hydrogen) atoms. The minimum absolute atomic E-state index is 0.120. The topological polar surface area (TPSA) is 60.9 Å².